The molecule has 156 valence electrons. The lowest BCUT2D eigenvalue weighted by molar-refractivity contribution is -0.151. The van der Waals surface area contributed by atoms with E-state index >= 15 is 0 Å². The smallest absolute Gasteiger partial charge is 0.326 e. The molecule has 1 aliphatic rings. The first-order valence-corrected chi connectivity index (χ1v) is 9.71. The summed E-state index contributed by atoms with van der Waals surface area (Å²) in [6.07, 6.45) is 0.0448. The summed E-state index contributed by atoms with van der Waals surface area (Å²) >= 11 is 0. The molecule has 30 heavy (non-hydrogen) atoms. The molecule has 0 radical (unpaired) electrons. The van der Waals surface area contributed by atoms with Gasteiger partial charge in [0.2, 0.25) is 5.91 Å². The predicted octanol–water partition coefficient (Wildman–Crippen LogP) is 2.25. The lowest BCUT2D eigenvalue weighted by atomic mass is 9.98. The highest BCUT2D eigenvalue weighted by molar-refractivity contribution is 6.11. The minimum Gasteiger partial charge on any atom is -0.454 e. The topological polar surface area (TPSA) is 92.8 Å². The number of nitrogens with one attached hydrogen (secondary N) is 1. The molecule has 0 unspecified atom stereocenters. The van der Waals surface area contributed by atoms with Gasteiger partial charge in [-0.1, -0.05) is 36.4 Å². The maximum atomic E-state index is 12.5. The first-order chi connectivity index (χ1) is 14.3. The standard InChI is InChI=1S/C23H24N2O5/c1-14-8-9-17(10-15(14)2)16(3)24-20(26)13-30-22(28)12-25-21(27)11-18-6-4-5-7-19(18)23(25)29/h4-10,16H,11-13H2,1-3H3,(H,24,26)/t16-/m0/s1. The second kappa shape index (κ2) is 8.90. The molecule has 3 amide bonds. The Labute approximate surface area is 175 Å². The SMILES string of the molecule is Cc1ccc([C@H](C)NC(=O)COC(=O)CN2C(=O)Cc3ccccc3C2=O)cc1C. The highest BCUT2D eigenvalue weighted by Gasteiger charge is 2.32. The fourth-order valence-electron chi connectivity index (χ4n) is 3.28. The number of imide groups is 1. The van der Waals surface area contributed by atoms with Gasteiger partial charge in [0.15, 0.2) is 6.61 Å². The second-order valence-corrected chi connectivity index (χ2v) is 7.41. The Bertz CT molecular complexity index is 1010. The van der Waals surface area contributed by atoms with Crippen LogP contribution in [0.3, 0.4) is 0 Å². The molecule has 0 bridgehead atoms. The molecule has 2 aromatic rings. The van der Waals surface area contributed by atoms with Crippen LogP contribution in [0, 0.1) is 13.8 Å². The second-order valence-electron chi connectivity index (χ2n) is 7.41. The molecule has 7 nitrogen and oxygen atoms in total. The van der Waals surface area contributed by atoms with Gasteiger partial charge in [0.25, 0.3) is 11.8 Å². The van der Waals surface area contributed by atoms with E-state index in [0.29, 0.717) is 11.1 Å². The predicted molar refractivity (Wildman–Crippen MR) is 110 cm³/mol. The van der Waals surface area contributed by atoms with E-state index in [2.05, 4.69) is 5.32 Å². The van der Waals surface area contributed by atoms with Gasteiger partial charge in [-0.05, 0) is 49.1 Å². The third kappa shape index (κ3) is 4.74. The number of benzene rings is 2. The molecule has 7 heteroatoms. The number of fused-ring (bicyclic) bond motifs is 1. The molecule has 0 saturated heterocycles. The van der Waals surface area contributed by atoms with Crippen LogP contribution >= 0.6 is 0 Å². The van der Waals surface area contributed by atoms with E-state index in [1.807, 2.05) is 39.0 Å². The Balaban J connectivity index is 1.52. The summed E-state index contributed by atoms with van der Waals surface area (Å²) in [5.74, 6) is -2.28. The normalized spacial score (nSPS) is 14.2. The van der Waals surface area contributed by atoms with Crippen molar-refractivity contribution in [3.63, 3.8) is 0 Å². The number of rotatable bonds is 6. The molecule has 0 spiro atoms. The van der Waals surface area contributed by atoms with Crippen LogP contribution in [0.5, 0.6) is 0 Å². The summed E-state index contributed by atoms with van der Waals surface area (Å²) in [7, 11) is 0. The van der Waals surface area contributed by atoms with E-state index < -0.39 is 36.8 Å². The lowest BCUT2D eigenvalue weighted by Gasteiger charge is -2.25. The highest BCUT2D eigenvalue weighted by Crippen LogP contribution is 2.19. The zero-order chi connectivity index (χ0) is 21.8. The van der Waals surface area contributed by atoms with Crippen molar-refractivity contribution in [2.75, 3.05) is 13.2 Å². The molecule has 2 aromatic carbocycles. The van der Waals surface area contributed by atoms with E-state index in [4.69, 9.17) is 4.74 Å². The third-order valence-electron chi connectivity index (χ3n) is 5.20. The van der Waals surface area contributed by atoms with Gasteiger partial charge in [-0.3, -0.25) is 24.1 Å². The van der Waals surface area contributed by atoms with Crippen LogP contribution in [0.25, 0.3) is 0 Å². The quantitative estimate of drug-likeness (QED) is 0.585. The molecule has 1 heterocycles. The van der Waals surface area contributed by atoms with Crippen molar-refractivity contribution in [2.24, 2.45) is 0 Å². The average molecular weight is 408 g/mol. The maximum absolute atomic E-state index is 12.5. The largest absolute Gasteiger partial charge is 0.454 e. The molecule has 1 atom stereocenters. The molecule has 0 fully saturated rings. The number of esters is 1. The summed E-state index contributed by atoms with van der Waals surface area (Å²) in [5.41, 5.74) is 4.26. The van der Waals surface area contributed by atoms with Crippen LogP contribution in [0.1, 0.15) is 45.6 Å². The summed E-state index contributed by atoms with van der Waals surface area (Å²) in [5, 5.41) is 2.77. The molecular formula is C23H24N2O5. The Morgan fingerprint density at radius 3 is 2.57 bits per heavy atom. The van der Waals surface area contributed by atoms with E-state index in [0.717, 1.165) is 21.6 Å². The summed E-state index contributed by atoms with van der Waals surface area (Å²) in [6.45, 7) is 4.84. The molecule has 0 aliphatic carbocycles. The summed E-state index contributed by atoms with van der Waals surface area (Å²) in [4.78, 5) is 49.8. The number of nitrogens with zero attached hydrogens (tertiary/aromatic N) is 1. The number of ether oxygens (including phenoxy) is 1. The van der Waals surface area contributed by atoms with Crippen molar-refractivity contribution in [3.05, 3.63) is 70.3 Å². The van der Waals surface area contributed by atoms with Crippen molar-refractivity contribution < 1.29 is 23.9 Å². The zero-order valence-corrected chi connectivity index (χ0v) is 17.2. The van der Waals surface area contributed by atoms with E-state index in [1.165, 1.54) is 0 Å². The number of carbonyl (C=O) groups is 4. The lowest BCUT2D eigenvalue weighted by Crippen LogP contribution is -2.45. The maximum Gasteiger partial charge on any atom is 0.326 e. The van der Waals surface area contributed by atoms with Crippen molar-refractivity contribution >= 4 is 23.7 Å². The number of aryl methyl sites for hydroxylation is 2. The molecule has 3 rings (SSSR count). The Kier molecular flexibility index (Phi) is 6.30. The fraction of sp³-hybridized carbons (Fsp3) is 0.304. The summed E-state index contributed by atoms with van der Waals surface area (Å²) in [6, 6.07) is 12.4. The molecular weight excluding hydrogens is 384 g/mol. The van der Waals surface area contributed by atoms with Crippen LogP contribution in [-0.4, -0.2) is 41.7 Å². The Morgan fingerprint density at radius 1 is 1.10 bits per heavy atom. The Morgan fingerprint density at radius 2 is 1.83 bits per heavy atom. The molecule has 1 aliphatic heterocycles. The minimum atomic E-state index is -0.815. The van der Waals surface area contributed by atoms with Gasteiger partial charge in [0.1, 0.15) is 6.54 Å². The van der Waals surface area contributed by atoms with Gasteiger partial charge in [0.05, 0.1) is 12.5 Å². The first kappa shape index (κ1) is 21.2. The molecule has 0 saturated carbocycles. The van der Waals surface area contributed by atoms with Gasteiger partial charge < -0.3 is 10.1 Å². The molecule has 0 aromatic heterocycles. The van der Waals surface area contributed by atoms with Gasteiger partial charge in [-0.15, -0.1) is 0 Å². The first-order valence-electron chi connectivity index (χ1n) is 9.71. The minimum absolute atomic E-state index is 0.0448. The van der Waals surface area contributed by atoms with Crippen LogP contribution in [-0.2, 0) is 25.5 Å². The number of hydrogen-bond donors (Lipinski definition) is 1. The van der Waals surface area contributed by atoms with Crippen molar-refractivity contribution in [1.29, 1.82) is 0 Å². The summed E-state index contributed by atoms with van der Waals surface area (Å²) < 4.78 is 4.97. The van der Waals surface area contributed by atoms with E-state index in [-0.39, 0.29) is 12.5 Å². The third-order valence-corrected chi connectivity index (χ3v) is 5.20. The Hall–Kier alpha value is -3.48. The van der Waals surface area contributed by atoms with Gasteiger partial charge in [0, 0.05) is 5.56 Å². The van der Waals surface area contributed by atoms with Crippen molar-refractivity contribution in [1.82, 2.24) is 10.2 Å². The monoisotopic (exact) mass is 408 g/mol. The number of hydrogen-bond acceptors (Lipinski definition) is 5. The van der Waals surface area contributed by atoms with Crippen LogP contribution in [0.2, 0.25) is 0 Å². The van der Waals surface area contributed by atoms with Gasteiger partial charge in [-0.25, -0.2) is 0 Å². The molecule has 1 N–H and O–H groups in total. The zero-order valence-electron chi connectivity index (χ0n) is 17.2. The van der Waals surface area contributed by atoms with Crippen molar-refractivity contribution in [2.45, 2.75) is 33.2 Å². The number of carbonyl (C=O) groups excluding carboxylic acids is 4. The van der Waals surface area contributed by atoms with E-state index in [9.17, 15) is 19.2 Å². The highest BCUT2D eigenvalue weighted by atomic mass is 16.5. The van der Waals surface area contributed by atoms with Crippen LogP contribution < -0.4 is 5.32 Å². The van der Waals surface area contributed by atoms with Crippen LogP contribution in [0.4, 0.5) is 0 Å². The average Bonchev–Trinajstić information content (AvgIpc) is 2.71. The number of amides is 3. The van der Waals surface area contributed by atoms with E-state index in [1.54, 1.807) is 24.3 Å². The fourth-order valence-corrected chi connectivity index (χ4v) is 3.28. The van der Waals surface area contributed by atoms with Gasteiger partial charge in [-0.2, -0.15) is 0 Å². The van der Waals surface area contributed by atoms with Gasteiger partial charge >= 0.3 is 5.97 Å². The van der Waals surface area contributed by atoms with Crippen LogP contribution in [0.15, 0.2) is 42.5 Å². The van der Waals surface area contributed by atoms with Crippen molar-refractivity contribution in [3.8, 4) is 0 Å².